The number of halogens is 1. The molecule has 2 fully saturated rings. The number of nitrogens with one attached hydrogen (secondary N) is 1. The first-order valence-electron chi connectivity index (χ1n) is 6.89. The quantitative estimate of drug-likeness (QED) is 0.750. The molecule has 94 valence electrons. The van der Waals surface area contributed by atoms with Gasteiger partial charge >= 0.3 is 0 Å². The monoisotopic (exact) mass is 228 g/mol. The van der Waals surface area contributed by atoms with Crippen LogP contribution in [0.1, 0.15) is 45.4 Å². The Morgan fingerprint density at radius 2 is 1.88 bits per heavy atom. The average Bonchev–Trinajstić information content (AvgIpc) is 2.63. The molecule has 1 N–H and O–H groups in total. The van der Waals surface area contributed by atoms with Gasteiger partial charge in [-0.1, -0.05) is 6.92 Å². The number of alkyl halides is 1. The number of piperidine rings is 1. The maximum atomic E-state index is 12.3. The molecule has 0 saturated carbocycles. The van der Waals surface area contributed by atoms with Crippen LogP contribution in [0.2, 0.25) is 0 Å². The van der Waals surface area contributed by atoms with Gasteiger partial charge < -0.3 is 10.2 Å². The molecular weight excluding hydrogens is 203 g/mol. The van der Waals surface area contributed by atoms with Gasteiger partial charge in [-0.15, -0.1) is 0 Å². The van der Waals surface area contributed by atoms with Crippen molar-refractivity contribution in [1.29, 1.82) is 0 Å². The Hall–Kier alpha value is -0.150. The lowest BCUT2D eigenvalue weighted by Gasteiger charge is -2.37. The highest BCUT2D eigenvalue weighted by Gasteiger charge is 2.35. The second-order valence-electron chi connectivity index (χ2n) is 5.34. The van der Waals surface area contributed by atoms with Gasteiger partial charge in [0.1, 0.15) is 0 Å². The molecular formula is C13H25FN2. The van der Waals surface area contributed by atoms with Crippen molar-refractivity contribution in [2.24, 2.45) is 0 Å². The van der Waals surface area contributed by atoms with E-state index in [2.05, 4.69) is 17.1 Å². The summed E-state index contributed by atoms with van der Waals surface area (Å²) < 4.78 is 12.3. The molecule has 0 aromatic rings. The zero-order valence-electron chi connectivity index (χ0n) is 10.4. The van der Waals surface area contributed by atoms with E-state index in [-0.39, 0.29) is 6.67 Å². The molecule has 2 atom stereocenters. The van der Waals surface area contributed by atoms with Crippen LogP contribution < -0.4 is 5.32 Å². The van der Waals surface area contributed by atoms with Crippen molar-refractivity contribution in [3.8, 4) is 0 Å². The number of rotatable bonds is 6. The zero-order valence-corrected chi connectivity index (χ0v) is 10.4. The summed E-state index contributed by atoms with van der Waals surface area (Å²) in [6.45, 7) is 4.15. The third kappa shape index (κ3) is 2.95. The van der Waals surface area contributed by atoms with Crippen LogP contribution in [0.15, 0.2) is 0 Å². The lowest BCUT2D eigenvalue weighted by atomic mass is 9.98. The Kier molecular flexibility index (Phi) is 4.59. The topological polar surface area (TPSA) is 15.3 Å². The minimum absolute atomic E-state index is 0.169. The SMILES string of the molecule is CCCN(CCCF)C1CC2CCC(C1)N2. The van der Waals surface area contributed by atoms with Crippen molar-refractivity contribution in [2.45, 2.75) is 63.6 Å². The van der Waals surface area contributed by atoms with E-state index in [1.165, 1.54) is 32.1 Å². The Morgan fingerprint density at radius 3 is 2.44 bits per heavy atom. The maximum absolute atomic E-state index is 12.3. The van der Waals surface area contributed by atoms with Crippen molar-refractivity contribution in [3.63, 3.8) is 0 Å². The van der Waals surface area contributed by atoms with Crippen molar-refractivity contribution in [2.75, 3.05) is 19.8 Å². The molecule has 2 aliphatic heterocycles. The van der Waals surface area contributed by atoms with E-state index in [4.69, 9.17) is 0 Å². The summed E-state index contributed by atoms with van der Waals surface area (Å²) in [5, 5.41) is 3.67. The van der Waals surface area contributed by atoms with Gasteiger partial charge in [0.05, 0.1) is 6.67 Å². The highest BCUT2D eigenvalue weighted by atomic mass is 19.1. The zero-order chi connectivity index (χ0) is 11.4. The second kappa shape index (κ2) is 5.97. The van der Waals surface area contributed by atoms with E-state index in [1.54, 1.807) is 0 Å². The Labute approximate surface area is 98.6 Å². The predicted molar refractivity (Wildman–Crippen MR) is 65.4 cm³/mol. The van der Waals surface area contributed by atoms with Crippen molar-refractivity contribution >= 4 is 0 Å². The smallest absolute Gasteiger partial charge is 0.0906 e. The molecule has 0 aliphatic carbocycles. The summed E-state index contributed by atoms with van der Waals surface area (Å²) in [6, 6.07) is 2.20. The molecule has 0 aromatic carbocycles. The normalized spacial score (nSPS) is 33.6. The highest BCUT2D eigenvalue weighted by molar-refractivity contribution is 4.95. The van der Waals surface area contributed by atoms with Crippen LogP contribution in [0.3, 0.4) is 0 Å². The first-order valence-corrected chi connectivity index (χ1v) is 6.89. The molecule has 3 heteroatoms. The number of hydrogen-bond donors (Lipinski definition) is 1. The van der Waals surface area contributed by atoms with Gasteiger partial charge in [-0.25, -0.2) is 0 Å². The average molecular weight is 228 g/mol. The molecule has 0 radical (unpaired) electrons. The van der Waals surface area contributed by atoms with Crippen LogP contribution in [0.25, 0.3) is 0 Å². The van der Waals surface area contributed by atoms with Crippen LogP contribution >= 0.6 is 0 Å². The van der Waals surface area contributed by atoms with Gasteiger partial charge in [-0.05, 0) is 45.1 Å². The molecule has 0 spiro atoms. The lowest BCUT2D eigenvalue weighted by molar-refractivity contribution is 0.136. The summed E-state index contributed by atoms with van der Waals surface area (Å²) in [7, 11) is 0. The van der Waals surface area contributed by atoms with E-state index < -0.39 is 0 Å². The lowest BCUT2D eigenvalue weighted by Crippen LogP contribution is -2.48. The molecule has 2 saturated heterocycles. The predicted octanol–water partition coefficient (Wildman–Crippen LogP) is 2.34. The van der Waals surface area contributed by atoms with E-state index in [0.29, 0.717) is 12.5 Å². The maximum Gasteiger partial charge on any atom is 0.0906 e. The largest absolute Gasteiger partial charge is 0.311 e. The summed E-state index contributed by atoms with van der Waals surface area (Å²) in [5.41, 5.74) is 0. The molecule has 2 nitrogen and oxygen atoms in total. The third-order valence-electron chi connectivity index (χ3n) is 4.05. The first-order chi connectivity index (χ1) is 7.83. The van der Waals surface area contributed by atoms with Crippen molar-refractivity contribution in [3.05, 3.63) is 0 Å². The first kappa shape index (κ1) is 12.3. The molecule has 2 unspecified atom stereocenters. The minimum Gasteiger partial charge on any atom is -0.311 e. The van der Waals surface area contributed by atoms with Gasteiger partial charge in [0.2, 0.25) is 0 Å². The van der Waals surface area contributed by atoms with Gasteiger partial charge in [-0.3, -0.25) is 4.39 Å². The molecule has 2 aliphatic rings. The molecule has 0 amide bonds. The van der Waals surface area contributed by atoms with Gasteiger partial charge in [-0.2, -0.15) is 0 Å². The Morgan fingerprint density at radius 1 is 1.19 bits per heavy atom. The van der Waals surface area contributed by atoms with Crippen LogP contribution in [-0.2, 0) is 0 Å². The Balaban J connectivity index is 1.86. The van der Waals surface area contributed by atoms with E-state index >= 15 is 0 Å². The molecule has 16 heavy (non-hydrogen) atoms. The fourth-order valence-electron chi connectivity index (χ4n) is 3.35. The van der Waals surface area contributed by atoms with Crippen LogP contribution in [-0.4, -0.2) is 42.8 Å². The number of nitrogens with zero attached hydrogens (tertiary/aromatic N) is 1. The standard InChI is InChI=1S/C13H25FN2/c1-2-7-16(8-3-6-14)13-9-11-4-5-12(10-13)15-11/h11-13,15H,2-10H2,1H3. The van der Waals surface area contributed by atoms with Crippen molar-refractivity contribution < 1.29 is 4.39 Å². The minimum atomic E-state index is -0.169. The second-order valence-corrected chi connectivity index (χ2v) is 5.34. The third-order valence-corrected chi connectivity index (χ3v) is 4.05. The molecule has 2 bridgehead atoms. The van der Waals surface area contributed by atoms with Crippen LogP contribution in [0.5, 0.6) is 0 Å². The van der Waals surface area contributed by atoms with Gasteiger partial charge in [0.25, 0.3) is 0 Å². The van der Waals surface area contributed by atoms with Crippen LogP contribution in [0, 0.1) is 0 Å². The highest BCUT2D eigenvalue weighted by Crippen LogP contribution is 2.29. The Bertz CT molecular complexity index is 198. The number of hydrogen-bond acceptors (Lipinski definition) is 2. The van der Waals surface area contributed by atoms with Crippen LogP contribution in [0.4, 0.5) is 4.39 Å². The summed E-state index contributed by atoms with van der Waals surface area (Å²) in [5.74, 6) is 0. The van der Waals surface area contributed by atoms with E-state index in [0.717, 1.165) is 25.2 Å². The molecule has 2 heterocycles. The fraction of sp³-hybridized carbons (Fsp3) is 1.00. The number of fused-ring (bicyclic) bond motifs is 2. The van der Waals surface area contributed by atoms with E-state index in [9.17, 15) is 4.39 Å². The van der Waals surface area contributed by atoms with Crippen molar-refractivity contribution in [1.82, 2.24) is 10.2 Å². The van der Waals surface area contributed by atoms with Gasteiger partial charge in [0.15, 0.2) is 0 Å². The van der Waals surface area contributed by atoms with E-state index in [1.807, 2.05) is 0 Å². The summed E-state index contributed by atoms with van der Waals surface area (Å²) >= 11 is 0. The summed E-state index contributed by atoms with van der Waals surface area (Å²) in [4.78, 5) is 2.53. The molecule has 2 rings (SSSR count). The fourth-order valence-corrected chi connectivity index (χ4v) is 3.35. The van der Waals surface area contributed by atoms with Gasteiger partial charge in [0, 0.05) is 24.7 Å². The molecule has 0 aromatic heterocycles. The summed E-state index contributed by atoms with van der Waals surface area (Å²) in [6.07, 6.45) is 7.16.